The van der Waals surface area contributed by atoms with E-state index in [-0.39, 0.29) is 18.9 Å². The number of aromatic amines is 1. The lowest BCUT2D eigenvalue weighted by molar-refractivity contribution is -0.123. The third-order valence-corrected chi connectivity index (χ3v) is 6.08. The smallest absolute Gasteiger partial charge is 0.330 e. The van der Waals surface area contributed by atoms with Crippen molar-refractivity contribution in [2.24, 2.45) is 0 Å². The van der Waals surface area contributed by atoms with Gasteiger partial charge >= 0.3 is 5.69 Å². The number of carbonyl (C=O) groups is 1. The van der Waals surface area contributed by atoms with Crippen LogP contribution in [0.15, 0.2) is 64.3 Å². The van der Waals surface area contributed by atoms with Crippen LogP contribution in [-0.2, 0) is 9.53 Å². The number of hydrogen-bond acceptors (Lipinski definition) is 6. The third-order valence-electron chi connectivity index (χ3n) is 6.08. The molecule has 3 heterocycles. The van der Waals surface area contributed by atoms with Crippen LogP contribution >= 0.6 is 0 Å². The van der Waals surface area contributed by atoms with Crippen LogP contribution in [0.25, 0.3) is 0 Å². The zero-order valence-electron chi connectivity index (χ0n) is 17.9. The monoisotopic (exact) mass is 449 g/mol. The van der Waals surface area contributed by atoms with E-state index in [0.29, 0.717) is 17.1 Å². The molecule has 0 aliphatic carbocycles. The molecule has 1 saturated heterocycles. The second-order valence-electron chi connectivity index (χ2n) is 8.27. The van der Waals surface area contributed by atoms with E-state index in [1.165, 1.54) is 10.8 Å². The number of aryl methyl sites for hydroxylation is 1. The highest BCUT2D eigenvalue weighted by atomic mass is 16.5. The van der Waals surface area contributed by atoms with Crippen molar-refractivity contribution in [2.45, 2.75) is 37.7 Å². The SMILES string of the molecule is Cc1cn([C@H]2C[C@H](O)[C@@H](CNC(=O)C3c4ccccc4Oc4ccccc43)O2)c(=O)[nH]c1=O. The van der Waals surface area contributed by atoms with Gasteiger partial charge < -0.3 is 19.9 Å². The lowest BCUT2D eigenvalue weighted by Crippen LogP contribution is -2.40. The highest BCUT2D eigenvalue weighted by Gasteiger charge is 2.37. The number of nitrogens with zero attached hydrogens (tertiary/aromatic N) is 1. The first-order valence-electron chi connectivity index (χ1n) is 10.7. The first kappa shape index (κ1) is 21.2. The number of rotatable bonds is 4. The topological polar surface area (TPSA) is 123 Å². The average molecular weight is 449 g/mol. The molecule has 0 unspecified atom stereocenters. The summed E-state index contributed by atoms with van der Waals surface area (Å²) in [5.74, 6) is 0.447. The van der Waals surface area contributed by atoms with Crippen LogP contribution in [0.4, 0.5) is 0 Å². The first-order valence-corrected chi connectivity index (χ1v) is 10.7. The maximum Gasteiger partial charge on any atom is 0.330 e. The number of ether oxygens (including phenoxy) is 2. The van der Waals surface area contributed by atoms with E-state index in [9.17, 15) is 19.5 Å². The van der Waals surface area contributed by atoms with Crippen molar-refractivity contribution in [2.75, 3.05) is 6.54 Å². The number of para-hydroxylation sites is 2. The Bertz CT molecular complexity index is 1280. The number of H-pyrrole nitrogens is 1. The highest BCUT2D eigenvalue weighted by molar-refractivity contribution is 5.89. The molecule has 33 heavy (non-hydrogen) atoms. The molecule has 1 amide bonds. The Hall–Kier alpha value is -3.69. The fraction of sp³-hybridized carbons (Fsp3) is 0.292. The van der Waals surface area contributed by atoms with Crippen molar-refractivity contribution in [3.8, 4) is 11.5 Å². The summed E-state index contributed by atoms with van der Waals surface area (Å²) in [5, 5.41) is 13.4. The molecule has 3 aromatic rings. The summed E-state index contributed by atoms with van der Waals surface area (Å²) < 4.78 is 13.1. The zero-order chi connectivity index (χ0) is 23.1. The van der Waals surface area contributed by atoms with Gasteiger partial charge in [0, 0.05) is 35.9 Å². The first-order chi connectivity index (χ1) is 15.9. The Morgan fingerprint density at radius 3 is 2.42 bits per heavy atom. The van der Waals surface area contributed by atoms with Gasteiger partial charge in [0.1, 0.15) is 23.8 Å². The fourth-order valence-corrected chi connectivity index (χ4v) is 4.37. The van der Waals surface area contributed by atoms with Crippen LogP contribution in [0.2, 0.25) is 0 Å². The normalized spacial score (nSPS) is 21.7. The summed E-state index contributed by atoms with van der Waals surface area (Å²) in [5.41, 5.74) is 0.810. The van der Waals surface area contributed by atoms with Crippen molar-refractivity contribution < 1.29 is 19.4 Å². The van der Waals surface area contributed by atoms with Crippen LogP contribution in [0.1, 0.15) is 35.3 Å². The summed E-state index contributed by atoms with van der Waals surface area (Å²) in [4.78, 5) is 39.3. The minimum Gasteiger partial charge on any atom is -0.457 e. The standard InChI is InChI=1S/C24H23N3O6/c1-13-12-27(24(31)26-22(13)29)20-10-16(28)19(33-20)11-25-23(30)21-14-6-2-4-8-17(14)32-18-9-5-3-7-15(18)21/h2-9,12,16,19-21,28H,10-11H2,1H3,(H,25,30)(H,26,29,31)/t16-,19+,20+/m0/s1. The van der Waals surface area contributed by atoms with Gasteiger partial charge in [-0.1, -0.05) is 36.4 Å². The van der Waals surface area contributed by atoms with Gasteiger partial charge in [0.25, 0.3) is 5.56 Å². The lowest BCUT2D eigenvalue weighted by Gasteiger charge is -2.28. The van der Waals surface area contributed by atoms with Gasteiger partial charge in [-0.3, -0.25) is 19.1 Å². The molecular formula is C24H23N3O6. The number of carbonyl (C=O) groups excluding carboxylic acids is 1. The van der Waals surface area contributed by atoms with Crippen LogP contribution < -0.4 is 21.3 Å². The van der Waals surface area contributed by atoms with Crippen molar-refractivity contribution >= 4 is 5.91 Å². The minimum absolute atomic E-state index is 0.0648. The minimum atomic E-state index is -0.885. The van der Waals surface area contributed by atoms with E-state index >= 15 is 0 Å². The Morgan fingerprint density at radius 2 is 1.76 bits per heavy atom. The summed E-state index contributed by atoms with van der Waals surface area (Å²) in [7, 11) is 0. The Labute approximate surface area is 188 Å². The van der Waals surface area contributed by atoms with Crippen molar-refractivity contribution in [1.29, 1.82) is 0 Å². The maximum absolute atomic E-state index is 13.3. The number of aliphatic hydroxyl groups is 1. The fourth-order valence-electron chi connectivity index (χ4n) is 4.37. The van der Waals surface area contributed by atoms with Gasteiger partial charge in [-0.2, -0.15) is 0 Å². The highest BCUT2D eigenvalue weighted by Crippen LogP contribution is 2.43. The summed E-state index contributed by atoms with van der Waals surface area (Å²) in [6, 6.07) is 14.8. The molecule has 0 spiro atoms. The second-order valence-corrected chi connectivity index (χ2v) is 8.27. The molecule has 2 aliphatic rings. The number of nitrogens with one attached hydrogen (secondary N) is 2. The van der Waals surface area contributed by atoms with E-state index in [1.54, 1.807) is 6.92 Å². The van der Waals surface area contributed by atoms with Crippen molar-refractivity contribution in [3.05, 3.63) is 92.3 Å². The van der Waals surface area contributed by atoms with Crippen molar-refractivity contribution in [1.82, 2.24) is 14.9 Å². The predicted octanol–water partition coefficient (Wildman–Crippen LogP) is 1.55. The Balaban J connectivity index is 1.33. The Morgan fingerprint density at radius 1 is 1.12 bits per heavy atom. The van der Waals surface area contributed by atoms with E-state index in [1.807, 2.05) is 48.5 Å². The van der Waals surface area contributed by atoms with Gasteiger partial charge in [-0.05, 0) is 19.1 Å². The van der Waals surface area contributed by atoms with Crippen molar-refractivity contribution in [3.63, 3.8) is 0 Å². The molecule has 0 saturated carbocycles. The average Bonchev–Trinajstić information content (AvgIpc) is 3.18. The summed E-state index contributed by atoms with van der Waals surface area (Å²) >= 11 is 0. The van der Waals surface area contributed by atoms with Gasteiger partial charge in [-0.25, -0.2) is 4.79 Å². The van der Waals surface area contributed by atoms with Crippen LogP contribution in [0, 0.1) is 6.92 Å². The summed E-state index contributed by atoms with van der Waals surface area (Å²) in [6.45, 7) is 1.65. The number of fused-ring (bicyclic) bond motifs is 2. The molecule has 5 rings (SSSR count). The number of hydrogen-bond donors (Lipinski definition) is 3. The van der Waals surface area contributed by atoms with Crippen LogP contribution in [0.3, 0.4) is 0 Å². The molecule has 1 aromatic heterocycles. The van der Waals surface area contributed by atoms with Crippen LogP contribution in [0.5, 0.6) is 11.5 Å². The molecule has 3 atom stereocenters. The molecule has 0 bridgehead atoms. The van der Waals surface area contributed by atoms with E-state index in [0.717, 1.165) is 11.1 Å². The third kappa shape index (κ3) is 3.85. The second kappa shape index (κ2) is 8.34. The number of aromatic nitrogens is 2. The molecule has 0 radical (unpaired) electrons. The quantitative estimate of drug-likeness (QED) is 0.556. The molecule has 2 aromatic carbocycles. The molecule has 2 aliphatic heterocycles. The van der Waals surface area contributed by atoms with Gasteiger partial charge in [-0.15, -0.1) is 0 Å². The molecule has 9 heteroatoms. The molecule has 3 N–H and O–H groups in total. The number of aliphatic hydroxyl groups excluding tert-OH is 1. The largest absolute Gasteiger partial charge is 0.457 e. The number of amides is 1. The lowest BCUT2D eigenvalue weighted by atomic mass is 9.87. The Kier molecular flexibility index (Phi) is 5.35. The number of benzene rings is 2. The van der Waals surface area contributed by atoms with Gasteiger partial charge in [0.15, 0.2) is 0 Å². The van der Waals surface area contributed by atoms with Gasteiger partial charge in [0.2, 0.25) is 5.91 Å². The summed E-state index contributed by atoms with van der Waals surface area (Å²) in [6.07, 6.45) is -0.758. The van der Waals surface area contributed by atoms with E-state index < -0.39 is 35.6 Å². The molecular weight excluding hydrogens is 426 g/mol. The zero-order valence-corrected chi connectivity index (χ0v) is 17.9. The van der Waals surface area contributed by atoms with E-state index in [2.05, 4.69) is 10.3 Å². The van der Waals surface area contributed by atoms with E-state index in [4.69, 9.17) is 9.47 Å². The maximum atomic E-state index is 13.3. The van der Waals surface area contributed by atoms with Gasteiger partial charge in [0.05, 0.1) is 12.0 Å². The predicted molar refractivity (Wildman–Crippen MR) is 118 cm³/mol. The molecule has 170 valence electrons. The molecule has 9 nitrogen and oxygen atoms in total. The van der Waals surface area contributed by atoms with Crippen LogP contribution in [-0.4, -0.2) is 39.3 Å². The molecule has 1 fully saturated rings.